The maximum atomic E-state index is 11.4. The second-order valence-corrected chi connectivity index (χ2v) is 4.62. The van der Waals surface area contributed by atoms with Gasteiger partial charge in [0.2, 0.25) is 17.0 Å². The highest BCUT2D eigenvalue weighted by molar-refractivity contribution is 6.28. The molecular weight excluding hydrogens is 274 g/mol. The number of carbonyl (C=O) groups is 1. The van der Waals surface area contributed by atoms with E-state index in [9.17, 15) is 14.9 Å². The van der Waals surface area contributed by atoms with Crippen molar-refractivity contribution >= 4 is 29.0 Å². The Bertz CT molecular complexity index is 524. The van der Waals surface area contributed by atoms with E-state index in [0.29, 0.717) is 19.4 Å². The minimum absolute atomic E-state index is 0.0617. The summed E-state index contributed by atoms with van der Waals surface area (Å²) in [5, 5.41) is 13.8. The van der Waals surface area contributed by atoms with Gasteiger partial charge in [0.05, 0.1) is 4.92 Å². The van der Waals surface area contributed by atoms with Crippen LogP contribution < -0.4 is 5.32 Å². The van der Waals surface area contributed by atoms with E-state index in [0.717, 1.165) is 6.20 Å². The molecule has 1 aromatic heterocycles. The van der Waals surface area contributed by atoms with E-state index in [2.05, 4.69) is 15.3 Å². The Balaban J connectivity index is 2.16. The minimum Gasteiger partial charge on any atom is -0.360 e. The molecule has 1 aliphatic rings. The first-order valence-corrected chi connectivity index (χ1v) is 6.02. The number of amides is 1. The number of likely N-dealkylation sites (N-methyl/N-ethyl adjacent to an activating group) is 1. The molecule has 1 N–H and O–H groups in total. The molecule has 102 valence electrons. The number of anilines is 1. The molecule has 2 heterocycles. The summed E-state index contributed by atoms with van der Waals surface area (Å²) in [4.78, 5) is 30.7. The van der Waals surface area contributed by atoms with Crippen LogP contribution in [-0.4, -0.2) is 45.3 Å². The van der Waals surface area contributed by atoms with Crippen LogP contribution in [0.1, 0.15) is 12.8 Å². The molecule has 0 saturated carbocycles. The highest BCUT2D eigenvalue weighted by Crippen LogP contribution is 2.24. The van der Waals surface area contributed by atoms with Crippen molar-refractivity contribution in [3.63, 3.8) is 0 Å². The average Bonchev–Trinajstić information content (AvgIpc) is 2.33. The van der Waals surface area contributed by atoms with Gasteiger partial charge in [0.15, 0.2) is 0 Å². The molecular formula is C10H12ClN5O3. The van der Waals surface area contributed by atoms with Crippen LogP contribution in [0.4, 0.5) is 11.5 Å². The normalized spacial score (nSPS) is 19.4. The number of rotatable bonds is 3. The number of hydrogen-bond donors (Lipinski definition) is 1. The Labute approximate surface area is 113 Å². The third-order valence-corrected chi connectivity index (χ3v) is 3.09. The van der Waals surface area contributed by atoms with Gasteiger partial charge in [-0.15, -0.1) is 0 Å². The number of nitrogens with one attached hydrogen (secondary N) is 1. The molecule has 1 saturated heterocycles. The monoisotopic (exact) mass is 285 g/mol. The van der Waals surface area contributed by atoms with Crippen molar-refractivity contribution in [1.82, 2.24) is 14.9 Å². The van der Waals surface area contributed by atoms with Crippen LogP contribution in [0.25, 0.3) is 0 Å². The second-order valence-electron chi connectivity index (χ2n) is 4.28. The lowest BCUT2D eigenvalue weighted by atomic mass is 10.1. The molecule has 1 unspecified atom stereocenters. The van der Waals surface area contributed by atoms with Gasteiger partial charge < -0.3 is 10.2 Å². The molecule has 0 bridgehead atoms. The number of aromatic nitrogens is 2. The maximum Gasteiger partial charge on any atom is 0.329 e. The first kappa shape index (κ1) is 13.5. The quantitative estimate of drug-likeness (QED) is 0.506. The van der Waals surface area contributed by atoms with Crippen molar-refractivity contribution in [3.05, 3.63) is 21.6 Å². The summed E-state index contributed by atoms with van der Waals surface area (Å²) < 4.78 is 0. The van der Waals surface area contributed by atoms with Gasteiger partial charge in [0, 0.05) is 26.1 Å². The Morgan fingerprint density at radius 2 is 2.37 bits per heavy atom. The fourth-order valence-electron chi connectivity index (χ4n) is 1.92. The summed E-state index contributed by atoms with van der Waals surface area (Å²) in [6.07, 6.45) is 2.07. The Morgan fingerprint density at radius 3 is 3.00 bits per heavy atom. The van der Waals surface area contributed by atoms with Crippen LogP contribution in [0.3, 0.4) is 0 Å². The van der Waals surface area contributed by atoms with Crippen LogP contribution >= 0.6 is 11.6 Å². The Hall–Kier alpha value is -1.96. The van der Waals surface area contributed by atoms with Crippen molar-refractivity contribution < 1.29 is 9.72 Å². The summed E-state index contributed by atoms with van der Waals surface area (Å²) in [5.41, 5.74) is -0.232. The largest absolute Gasteiger partial charge is 0.360 e. The number of likely N-dealkylation sites (tertiary alicyclic amines) is 1. The van der Waals surface area contributed by atoms with Gasteiger partial charge in [-0.1, -0.05) is 0 Å². The van der Waals surface area contributed by atoms with Crippen LogP contribution in [0.5, 0.6) is 0 Å². The van der Waals surface area contributed by atoms with Crippen LogP contribution in [0.15, 0.2) is 6.20 Å². The first-order valence-electron chi connectivity index (χ1n) is 5.65. The molecule has 0 aliphatic carbocycles. The number of carbonyl (C=O) groups excluding carboxylic acids is 1. The summed E-state index contributed by atoms with van der Waals surface area (Å²) in [6, 6.07) is -0.0904. The molecule has 19 heavy (non-hydrogen) atoms. The smallest absolute Gasteiger partial charge is 0.329 e. The lowest BCUT2D eigenvalue weighted by Gasteiger charge is -2.30. The maximum absolute atomic E-state index is 11.4. The van der Waals surface area contributed by atoms with Crippen molar-refractivity contribution in [2.24, 2.45) is 0 Å². The Kier molecular flexibility index (Phi) is 3.79. The summed E-state index contributed by atoms with van der Waals surface area (Å²) in [7, 11) is 1.69. The Morgan fingerprint density at radius 1 is 1.63 bits per heavy atom. The van der Waals surface area contributed by atoms with Crippen molar-refractivity contribution in [1.29, 1.82) is 0 Å². The van der Waals surface area contributed by atoms with Crippen molar-refractivity contribution in [3.8, 4) is 0 Å². The molecule has 9 heteroatoms. The van der Waals surface area contributed by atoms with E-state index < -0.39 is 4.92 Å². The summed E-state index contributed by atoms with van der Waals surface area (Å²) in [6.45, 7) is 0.470. The molecule has 1 aromatic rings. The topological polar surface area (TPSA) is 101 Å². The van der Waals surface area contributed by atoms with E-state index in [-0.39, 0.29) is 28.7 Å². The second kappa shape index (κ2) is 5.35. The zero-order chi connectivity index (χ0) is 14.0. The number of piperidine rings is 1. The first-order chi connectivity index (χ1) is 8.97. The summed E-state index contributed by atoms with van der Waals surface area (Å²) in [5.74, 6) is 0.144. The molecule has 1 amide bonds. The van der Waals surface area contributed by atoms with Gasteiger partial charge in [-0.2, -0.15) is 4.98 Å². The highest BCUT2D eigenvalue weighted by Gasteiger charge is 2.26. The van der Waals surface area contributed by atoms with Gasteiger partial charge in [-0.3, -0.25) is 14.9 Å². The SMILES string of the molecule is CN1CC(Nc2nc(Cl)ncc2[N+](=O)[O-])CCC1=O. The van der Waals surface area contributed by atoms with E-state index in [1.807, 2.05) is 0 Å². The van der Waals surface area contributed by atoms with Gasteiger partial charge in [-0.05, 0) is 18.0 Å². The summed E-state index contributed by atoms with van der Waals surface area (Å²) >= 11 is 5.64. The number of nitrogens with zero attached hydrogens (tertiary/aromatic N) is 4. The standard InChI is InChI=1S/C10H12ClN5O3/c1-15-5-6(2-3-8(15)17)13-9-7(16(18)19)4-12-10(11)14-9/h4,6H,2-3,5H2,1H3,(H,12,13,14). The van der Waals surface area contributed by atoms with E-state index in [1.165, 1.54) is 0 Å². The molecule has 1 atom stereocenters. The molecule has 1 aliphatic heterocycles. The van der Waals surface area contributed by atoms with E-state index in [4.69, 9.17) is 11.6 Å². The van der Waals surface area contributed by atoms with Crippen molar-refractivity contribution in [2.75, 3.05) is 18.9 Å². The zero-order valence-electron chi connectivity index (χ0n) is 10.2. The average molecular weight is 286 g/mol. The van der Waals surface area contributed by atoms with E-state index >= 15 is 0 Å². The lowest BCUT2D eigenvalue weighted by Crippen LogP contribution is -2.43. The van der Waals surface area contributed by atoms with Crippen LogP contribution in [0.2, 0.25) is 5.28 Å². The predicted octanol–water partition coefficient (Wildman–Crippen LogP) is 1.07. The minimum atomic E-state index is -0.573. The van der Waals surface area contributed by atoms with E-state index in [1.54, 1.807) is 11.9 Å². The van der Waals surface area contributed by atoms with Crippen LogP contribution in [-0.2, 0) is 4.79 Å². The van der Waals surface area contributed by atoms with Gasteiger partial charge in [-0.25, -0.2) is 4.98 Å². The molecule has 2 rings (SSSR count). The van der Waals surface area contributed by atoms with Gasteiger partial charge in [0.25, 0.3) is 0 Å². The van der Waals surface area contributed by atoms with Gasteiger partial charge >= 0.3 is 5.69 Å². The molecule has 0 aromatic carbocycles. The van der Waals surface area contributed by atoms with Gasteiger partial charge in [0.1, 0.15) is 6.20 Å². The highest BCUT2D eigenvalue weighted by atomic mass is 35.5. The third kappa shape index (κ3) is 3.08. The molecule has 0 spiro atoms. The molecule has 1 fully saturated rings. The molecule has 8 nitrogen and oxygen atoms in total. The molecule has 0 radical (unpaired) electrons. The number of nitro groups is 1. The fraction of sp³-hybridized carbons (Fsp3) is 0.500. The third-order valence-electron chi connectivity index (χ3n) is 2.90. The fourth-order valence-corrected chi connectivity index (χ4v) is 2.05. The number of hydrogen-bond acceptors (Lipinski definition) is 6. The number of halogens is 1. The predicted molar refractivity (Wildman–Crippen MR) is 68.0 cm³/mol. The van der Waals surface area contributed by atoms with Crippen molar-refractivity contribution in [2.45, 2.75) is 18.9 Å². The zero-order valence-corrected chi connectivity index (χ0v) is 10.9. The van der Waals surface area contributed by atoms with Crippen LogP contribution in [0, 0.1) is 10.1 Å². The lowest BCUT2D eigenvalue weighted by molar-refractivity contribution is -0.384.